The summed E-state index contributed by atoms with van der Waals surface area (Å²) in [5.74, 6) is -0.0841. The van der Waals surface area contributed by atoms with E-state index in [9.17, 15) is 9.59 Å². The van der Waals surface area contributed by atoms with E-state index in [1.165, 1.54) is 11.1 Å². The lowest BCUT2D eigenvalue weighted by Gasteiger charge is -2.20. The number of benzene rings is 3. The van der Waals surface area contributed by atoms with E-state index in [2.05, 4.69) is 50.3 Å². The fourth-order valence-corrected chi connectivity index (χ4v) is 5.48. The summed E-state index contributed by atoms with van der Waals surface area (Å²) in [6.07, 6.45) is 5.65. The first kappa shape index (κ1) is 24.1. The molecule has 5 atom stereocenters. The molecule has 0 aromatic heterocycles. The standard InChI is InChI=1S/C32H32O4/c1-21-8-6-12-26(18-21)22(2)9-7-13-27-28-19-31(33)35-30(28)20-29(27)36-32(34)25-16-14-24(15-17-25)23-10-4-3-5-11-23/h3-8,10-18,22,27-30H,9,19-20H2,1-2H3/b13-7+/t22-,27+,28+,29?,30-/m0/s1. The Balaban J connectivity index is 1.27. The van der Waals surface area contributed by atoms with E-state index >= 15 is 0 Å². The van der Waals surface area contributed by atoms with Crippen LogP contribution >= 0.6 is 0 Å². The lowest BCUT2D eigenvalue weighted by atomic mass is 9.90. The normalized spacial score (nSPS) is 23.9. The zero-order chi connectivity index (χ0) is 25.1. The van der Waals surface area contributed by atoms with Gasteiger partial charge in [-0.1, -0.05) is 91.4 Å². The zero-order valence-electron chi connectivity index (χ0n) is 20.8. The van der Waals surface area contributed by atoms with Crippen molar-refractivity contribution < 1.29 is 19.1 Å². The van der Waals surface area contributed by atoms with Crippen LogP contribution in [-0.2, 0) is 14.3 Å². The van der Waals surface area contributed by atoms with Gasteiger partial charge in [0.2, 0.25) is 0 Å². The highest BCUT2D eigenvalue weighted by Crippen LogP contribution is 2.44. The summed E-state index contributed by atoms with van der Waals surface area (Å²) < 4.78 is 11.5. The van der Waals surface area contributed by atoms with Crippen molar-refractivity contribution in [3.63, 3.8) is 0 Å². The van der Waals surface area contributed by atoms with Gasteiger partial charge in [-0.25, -0.2) is 4.79 Å². The van der Waals surface area contributed by atoms with Crippen LogP contribution in [0.3, 0.4) is 0 Å². The van der Waals surface area contributed by atoms with E-state index < -0.39 is 0 Å². The molecule has 0 radical (unpaired) electrons. The molecule has 1 saturated carbocycles. The van der Waals surface area contributed by atoms with E-state index in [1.807, 2.05) is 54.6 Å². The third kappa shape index (κ3) is 5.28. The largest absolute Gasteiger partial charge is 0.462 e. The molecule has 184 valence electrons. The van der Waals surface area contributed by atoms with Crippen LogP contribution < -0.4 is 0 Å². The van der Waals surface area contributed by atoms with Crippen molar-refractivity contribution in [3.05, 3.63) is 108 Å². The molecule has 1 aliphatic heterocycles. The lowest BCUT2D eigenvalue weighted by molar-refractivity contribution is -0.141. The van der Waals surface area contributed by atoms with Crippen LogP contribution in [0.1, 0.15) is 53.6 Å². The second-order valence-electron chi connectivity index (χ2n) is 10.1. The van der Waals surface area contributed by atoms with Gasteiger partial charge in [0, 0.05) is 18.3 Å². The second kappa shape index (κ2) is 10.5. The first-order chi connectivity index (χ1) is 17.5. The molecule has 0 amide bonds. The van der Waals surface area contributed by atoms with E-state index in [0.717, 1.165) is 17.5 Å². The SMILES string of the molecule is Cc1cccc([C@@H](C)C/C=C/[C@H]2C(OC(=O)c3ccc(-c4ccccc4)cc3)C[C@@H]3OC(=O)C[C@@H]32)c1. The molecule has 2 aliphatic rings. The Morgan fingerprint density at radius 3 is 2.53 bits per heavy atom. The van der Waals surface area contributed by atoms with Gasteiger partial charge in [-0.3, -0.25) is 4.79 Å². The number of hydrogen-bond donors (Lipinski definition) is 0. The fraction of sp³-hybridized carbons (Fsp3) is 0.312. The van der Waals surface area contributed by atoms with Gasteiger partial charge >= 0.3 is 11.9 Å². The molecule has 5 rings (SSSR count). The van der Waals surface area contributed by atoms with Gasteiger partial charge in [0.05, 0.1) is 12.0 Å². The van der Waals surface area contributed by atoms with E-state index in [1.54, 1.807) is 0 Å². The summed E-state index contributed by atoms with van der Waals surface area (Å²) >= 11 is 0. The van der Waals surface area contributed by atoms with Crippen molar-refractivity contribution >= 4 is 11.9 Å². The summed E-state index contributed by atoms with van der Waals surface area (Å²) in [6, 6.07) is 26.2. The topological polar surface area (TPSA) is 52.6 Å². The summed E-state index contributed by atoms with van der Waals surface area (Å²) in [5.41, 5.74) is 5.25. The van der Waals surface area contributed by atoms with Crippen molar-refractivity contribution in [1.29, 1.82) is 0 Å². The number of carbonyl (C=O) groups excluding carboxylic acids is 2. The maximum absolute atomic E-state index is 13.0. The predicted molar refractivity (Wildman–Crippen MR) is 141 cm³/mol. The van der Waals surface area contributed by atoms with Crippen LogP contribution in [-0.4, -0.2) is 24.1 Å². The van der Waals surface area contributed by atoms with Gasteiger partial charge in [0.1, 0.15) is 12.2 Å². The van der Waals surface area contributed by atoms with Gasteiger partial charge in [0.25, 0.3) is 0 Å². The second-order valence-corrected chi connectivity index (χ2v) is 10.1. The van der Waals surface area contributed by atoms with Crippen LogP contribution in [0.5, 0.6) is 0 Å². The first-order valence-electron chi connectivity index (χ1n) is 12.8. The molecule has 2 fully saturated rings. The van der Waals surface area contributed by atoms with Gasteiger partial charge < -0.3 is 9.47 Å². The molecule has 4 heteroatoms. The van der Waals surface area contributed by atoms with Crippen molar-refractivity contribution in [2.24, 2.45) is 11.8 Å². The van der Waals surface area contributed by atoms with Crippen LogP contribution in [0.4, 0.5) is 0 Å². The highest BCUT2D eigenvalue weighted by atomic mass is 16.6. The minimum absolute atomic E-state index is 0.0290. The number of hydrogen-bond acceptors (Lipinski definition) is 4. The van der Waals surface area contributed by atoms with Crippen molar-refractivity contribution in [1.82, 2.24) is 0 Å². The molecular weight excluding hydrogens is 448 g/mol. The maximum atomic E-state index is 13.0. The van der Waals surface area contributed by atoms with Crippen LogP contribution in [0.2, 0.25) is 0 Å². The van der Waals surface area contributed by atoms with Gasteiger partial charge in [0.15, 0.2) is 0 Å². The summed E-state index contributed by atoms with van der Waals surface area (Å²) in [5, 5.41) is 0. The average molecular weight is 481 g/mol. The number of fused-ring (bicyclic) bond motifs is 1. The Morgan fingerprint density at radius 1 is 1.03 bits per heavy atom. The molecule has 0 bridgehead atoms. The highest BCUT2D eigenvalue weighted by Gasteiger charge is 2.50. The number of ether oxygens (including phenoxy) is 2. The van der Waals surface area contributed by atoms with Crippen molar-refractivity contribution in [2.75, 3.05) is 0 Å². The molecule has 1 unspecified atom stereocenters. The fourth-order valence-electron chi connectivity index (χ4n) is 5.48. The smallest absolute Gasteiger partial charge is 0.338 e. The Labute approximate surface area is 213 Å². The van der Waals surface area contributed by atoms with Gasteiger partial charge in [-0.2, -0.15) is 0 Å². The highest BCUT2D eigenvalue weighted by molar-refractivity contribution is 5.90. The van der Waals surface area contributed by atoms with Crippen LogP contribution in [0, 0.1) is 18.8 Å². The summed E-state index contributed by atoms with van der Waals surface area (Å²) in [6.45, 7) is 4.32. The molecule has 0 N–H and O–H groups in total. The number of aryl methyl sites for hydroxylation is 1. The predicted octanol–water partition coefficient (Wildman–Crippen LogP) is 6.89. The van der Waals surface area contributed by atoms with Gasteiger partial charge in [-0.05, 0) is 48.1 Å². The quantitative estimate of drug-likeness (QED) is 0.273. The Morgan fingerprint density at radius 2 is 1.78 bits per heavy atom. The van der Waals surface area contributed by atoms with E-state index in [0.29, 0.717) is 24.3 Å². The van der Waals surface area contributed by atoms with Crippen LogP contribution in [0.25, 0.3) is 11.1 Å². The first-order valence-corrected chi connectivity index (χ1v) is 12.8. The number of esters is 2. The third-order valence-electron chi connectivity index (χ3n) is 7.50. The molecule has 0 spiro atoms. The monoisotopic (exact) mass is 480 g/mol. The summed E-state index contributed by atoms with van der Waals surface area (Å²) in [4.78, 5) is 25.0. The van der Waals surface area contributed by atoms with Crippen molar-refractivity contribution in [3.8, 4) is 11.1 Å². The Bertz CT molecular complexity index is 1240. The molecule has 1 aliphatic carbocycles. The minimum atomic E-state index is -0.336. The van der Waals surface area contributed by atoms with E-state index in [4.69, 9.17) is 9.47 Å². The molecule has 36 heavy (non-hydrogen) atoms. The third-order valence-corrected chi connectivity index (χ3v) is 7.50. The summed E-state index contributed by atoms with van der Waals surface area (Å²) in [7, 11) is 0. The molecule has 3 aromatic carbocycles. The molecule has 1 saturated heterocycles. The maximum Gasteiger partial charge on any atom is 0.338 e. The average Bonchev–Trinajstić information content (AvgIpc) is 3.40. The lowest BCUT2D eigenvalue weighted by Crippen LogP contribution is -2.24. The number of rotatable bonds is 7. The van der Waals surface area contributed by atoms with Gasteiger partial charge in [-0.15, -0.1) is 0 Å². The van der Waals surface area contributed by atoms with E-state index in [-0.39, 0.29) is 36.0 Å². The molecule has 4 nitrogen and oxygen atoms in total. The number of carbonyl (C=O) groups is 2. The molecule has 3 aromatic rings. The van der Waals surface area contributed by atoms with Crippen molar-refractivity contribution in [2.45, 2.75) is 51.2 Å². The molecular formula is C32H32O4. The number of allylic oxidation sites excluding steroid dienone is 1. The Kier molecular flexibility index (Phi) is 7.04. The van der Waals surface area contributed by atoms with Crippen LogP contribution in [0.15, 0.2) is 91.0 Å². The molecule has 1 heterocycles. The Hall–Kier alpha value is -3.66. The zero-order valence-corrected chi connectivity index (χ0v) is 20.8. The minimum Gasteiger partial charge on any atom is -0.462 e.